The van der Waals surface area contributed by atoms with Crippen LogP contribution in [0, 0.1) is 0 Å². The van der Waals surface area contributed by atoms with Crippen molar-refractivity contribution in [2.45, 2.75) is 80.5 Å². The molecule has 0 atom stereocenters. The number of fused-ring (bicyclic) bond motifs is 6. The summed E-state index contributed by atoms with van der Waals surface area (Å²) in [6, 6.07) is 18.0. The fourth-order valence-corrected chi connectivity index (χ4v) is 8.94. The fourth-order valence-electron chi connectivity index (χ4n) is 8.94. The molecule has 0 radical (unpaired) electrons. The van der Waals surface area contributed by atoms with Crippen LogP contribution < -0.4 is 56.8 Å². The molecule has 0 aromatic carbocycles. The highest BCUT2D eigenvalue weighted by molar-refractivity contribution is 5.53. The molecule has 0 fully saturated rings. The van der Waals surface area contributed by atoms with Crippen molar-refractivity contribution < 1.29 is 96.7 Å². The van der Waals surface area contributed by atoms with Crippen molar-refractivity contribution in [1.29, 1.82) is 0 Å². The molecule has 0 spiro atoms. The average Bonchev–Trinajstić information content (AvgIpc) is 4.19. The Bertz CT molecular complexity index is 3290. The van der Waals surface area contributed by atoms with Crippen LogP contribution in [0.15, 0.2) is 107 Å². The van der Waals surface area contributed by atoms with Gasteiger partial charge in [-0.05, 0) is 18.3 Å². The van der Waals surface area contributed by atoms with E-state index in [1.54, 1.807) is 48.5 Å². The van der Waals surface area contributed by atoms with Crippen LogP contribution in [0.25, 0.3) is 46.1 Å². The minimum Gasteiger partial charge on any atom is -0.507 e. The molecule has 368 valence electrons. The third-order valence-corrected chi connectivity index (χ3v) is 12.0. The topological polar surface area (TPSA) is 285 Å². The summed E-state index contributed by atoms with van der Waals surface area (Å²) in [5.41, 5.74) is 2.87. The van der Waals surface area contributed by atoms with Crippen LogP contribution in [0.2, 0.25) is 0 Å². The molecule has 24 nitrogen and oxygen atoms in total. The van der Waals surface area contributed by atoms with Crippen LogP contribution in [-0.4, -0.2) is 60.2 Å². The van der Waals surface area contributed by atoms with E-state index in [2.05, 4.69) is 27.7 Å². The molecule has 8 aromatic rings. The molecule has 72 heavy (non-hydrogen) atoms. The molecule has 24 heteroatoms. The van der Waals surface area contributed by atoms with Gasteiger partial charge in [0.1, 0.15) is 35.1 Å². The standard InChI is InChI=1S/2C11H8N2O2.2C10H6N4O4.2C3H8/c2*14-8-1-3-12-7-13-4-2-9(15)6-11(13)10(12)5-8;2*15-5-1-6(16)12-4-14-8(18)2-7(17)13-3-11(5)9(12)10(13)14;2*1-3-2/h2*1-6H,7H2;2*1-2H,3-4H2;2*3H2,1-2H3/p+10. The number of aromatic hydroxyl groups is 10. The molecule has 0 unspecified atom stereocenters. The molecule has 0 saturated heterocycles. The lowest BCUT2D eigenvalue weighted by atomic mass is 10.2. The first-order chi connectivity index (χ1) is 34.5. The van der Waals surface area contributed by atoms with Gasteiger partial charge in [0.05, 0.1) is 24.3 Å². The number of nitrogens with zero attached hydrogens (tertiary/aromatic N) is 12. The van der Waals surface area contributed by atoms with Crippen molar-refractivity contribution >= 4 is 0 Å². The van der Waals surface area contributed by atoms with Crippen molar-refractivity contribution in [2.75, 3.05) is 0 Å². The lowest BCUT2D eigenvalue weighted by Crippen LogP contribution is -2.57. The van der Waals surface area contributed by atoms with E-state index in [9.17, 15) is 60.7 Å². The summed E-state index contributed by atoms with van der Waals surface area (Å²) < 4.78 is 19.9. The van der Waals surface area contributed by atoms with Crippen LogP contribution >= 0.6 is 0 Å². The van der Waals surface area contributed by atoms with Gasteiger partial charge < -0.3 is 51.1 Å². The van der Waals surface area contributed by atoms with E-state index >= 15 is 0 Å². The number of hydrogen-bond acceptors (Lipinski definition) is 12. The van der Waals surface area contributed by atoms with E-state index in [0.29, 0.717) is 36.6 Å². The van der Waals surface area contributed by atoms with Crippen LogP contribution in [0.3, 0.4) is 0 Å². The number of pyridine rings is 4. The van der Waals surface area contributed by atoms with Crippen molar-refractivity contribution in [3.05, 3.63) is 118 Å². The summed E-state index contributed by atoms with van der Waals surface area (Å²) in [6.45, 7) is 10.6. The molecule has 10 N–H and O–H groups in total. The summed E-state index contributed by atoms with van der Waals surface area (Å²) in [4.78, 5) is 23.5. The monoisotopic (exact) mass is 990 g/mol. The van der Waals surface area contributed by atoms with E-state index in [-0.39, 0.29) is 96.1 Å². The molecule has 0 aliphatic carbocycles. The maximum absolute atomic E-state index is 11.8. The highest BCUT2D eigenvalue weighted by Gasteiger charge is 2.65. The first-order valence-electron chi connectivity index (χ1n) is 22.9. The predicted molar refractivity (Wildman–Crippen MR) is 239 cm³/mol. The van der Waals surface area contributed by atoms with Gasteiger partial charge in [0, 0.05) is 24.3 Å². The predicted octanol–water partition coefficient (Wildman–Crippen LogP) is -2.58. The lowest BCUT2D eigenvalue weighted by Gasteiger charge is -2.00. The number of rotatable bonds is 0. The Morgan fingerprint density at radius 3 is 0.903 bits per heavy atom. The van der Waals surface area contributed by atoms with Gasteiger partial charge in [0.15, 0.2) is 36.9 Å². The zero-order chi connectivity index (χ0) is 51.4. The van der Waals surface area contributed by atoms with E-state index in [1.165, 1.54) is 61.5 Å². The quantitative estimate of drug-likeness (QED) is 0.0702. The van der Waals surface area contributed by atoms with Crippen molar-refractivity contribution in [3.63, 3.8) is 0 Å². The van der Waals surface area contributed by atoms with Crippen LogP contribution in [0.4, 0.5) is 0 Å². The Balaban J connectivity index is 0.000000115. The highest BCUT2D eigenvalue weighted by atomic mass is 16.3. The smallest absolute Gasteiger partial charge is 0.507 e. The summed E-state index contributed by atoms with van der Waals surface area (Å²) >= 11 is 0. The first kappa shape index (κ1) is 47.6. The van der Waals surface area contributed by atoms with E-state index in [0.717, 1.165) is 34.9 Å². The van der Waals surface area contributed by atoms with E-state index < -0.39 is 0 Å². The summed E-state index contributed by atoms with van der Waals surface area (Å²) in [7, 11) is 0. The molecule has 0 saturated carbocycles. The second-order valence-electron chi connectivity index (χ2n) is 17.3. The Morgan fingerprint density at radius 2 is 0.625 bits per heavy atom. The largest absolute Gasteiger partial charge is 0.607 e. The van der Waals surface area contributed by atoms with Crippen LogP contribution in [0.1, 0.15) is 40.5 Å². The molecule has 6 aliphatic heterocycles. The minimum atomic E-state index is -0.380. The highest BCUT2D eigenvalue weighted by Crippen LogP contribution is 2.26. The Morgan fingerprint density at radius 1 is 0.375 bits per heavy atom. The third-order valence-electron chi connectivity index (χ3n) is 12.0. The van der Waals surface area contributed by atoms with Crippen molar-refractivity contribution in [1.82, 2.24) is 9.13 Å². The van der Waals surface area contributed by atoms with Gasteiger partial charge in [0.25, 0.3) is 34.5 Å². The van der Waals surface area contributed by atoms with Crippen LogP contribution in [-0.2, 0) is 40.0 Å². The van der Waals surface area contributed by atoms with Gasteiger partial charge in [-0.1, -0.05) is 40.5 Å². The SMILES string of the molecule is CCC.CCC.O=c1cc(O)[n+]2c3n1Cn1c-3[n+](c(O)cc1=O)C2.Oc1cc(O)[n+]2c3[n+]1C[n+]1c(O)cc(O)[n+](c1-3)C2.Oc1cc[n+]2c(c1)-c1cc(O)cc[n+]1C2.Oc1cc[n+]2c(c1)-c1cc(O)cc[n+]1C2. The molecular formula is C48H54N12O12+10. The van der Waals surface area contributed by atoms with Gasteiger partial charge in [-0.3, -0.25) is 0 Å². The summed E-state index contributed by atoms with van der Waals surface area (Å²) in [5, 5.41) is 96.4. The second-order valence-corrected chi connectivity index (χ2v) is 17.3. The lowest BCUT2D eigenvalue weighted by molar-refractivity contribution is -0.971. The summed E-state index contributed by atoms with van der Waals surface area (Å²) in [6.07, 6.45) is 9.81. The van der Waals surface area contributed by atoms with Gasteiger partial charge in [-0.25, -0.2) is 9.59 Å². The Labute approximate surface area is 408 Å². The summed E-state index contributed by atoms with van der Waals surface area (Å²) in [5.74, 6) is 2.12. The number of aromatic nitrogens is 12. The zero-order valence-electron chi connectivity index (χ0n) is 39.5. The Hall–Kier alpha value is -9.48. The Kier molecular flexibility index (Phi) is 12.2. The normalized spacial score (nSPS) is 12.6. The van der Waals surface area contributed by atoms with Crippen molar-refractivity contribution in [2.24, 2.45) is 0 Å². The molecule has 0 bridgehead atoms. The van der Waals surface area contributed by atoms with Gasteiger partial charge in [0.2, 0.25) is 13.3 Å². The van der Waals surface area contributed by atoms with E-state index in [1.807, 2.05) is 43.1 Å². The molecule has 8 aromatic heterocycles. The van der Waals surface area contributed by atoms with E-state index in [4.69, 9.17) is 0 Å². The maximum atomic E-state index is 11.8. The number of hydrogen-bond donors (Lipinski definition) is 10. The van der Waals surface area contributed by atoms with Crippen LogP contribution in [0.5, 0.6) is 58.3 Å². The maximum Gasteiger partial charge on any atom is 0.607 e. The molecule has 6 aliphatic rings. The fraction of sp³-hybridized carbons (Fsp3) is 0.250. The molecular weight excluding hydrogens is 937 g/mol. The van der Waals surface area contributed by atoms with Gasteiger partial charge >= 0.3 is 84.6 Å². The van der Waals surface area contributed by atoms with Gasteiger partial charge in [-0.15, -0.1) is 36.5 Å². The van der Waals surface area contributed by atoms with Crippen molar-refractivity contribution in [3.8, 4) is 104 Å². The third kappa shape index (κ3) is 8.12. The second kappa shape index (κ2) is 18.4. The molecule has 14 rings (SSSR count). The first-order valence-corrected chi connectivity index (χ1v) is 22.9. The average molecular weight is 991 g/mol. The molecule has 14 heterocycles. The van der Waals surface area contributed by atoms with Gasteiger partial charge in [-0.2, -0.15) is 0 Å². The zero-order valence-corrected chi connectivity index (χ0v) is 39.5. The minimum absolute atomic E-state index is 0.100. The molecule has 0 amide bonds.